The summed E-state index contributed by atoms with van der Waals surface area (Å²) in [6, 6.07) is 0. The highest BCUT2D eigenvalue weighted by Crippen LogP contribution is 1.96. The van der Waals surface area contributed by atoms with Gasteiger partial charge >= 0.3 is 0 Å². The molecule has 0 aliphatic carbocycles. The fourth-order valence-corrected chi connectivity index (χ4v) is 1.08. The van der Waals surface area contributed by atoms with Crippen molar-refractivity contribution < 1.29 is 0 Å². The normalized spacial score (nSPS) is 10.6. The standard InChI is InChI=1S/C6H6N4S/c1-4-2-7-5-8-6(11)9-10(5)3-4/h2-3H,1H3,(H,9,11). The molecule has 0 bridgehead atoms. The monoisotopic (exact) mass is 166 g/mol. The minimum Gasteiger partial charge on any atom is -0.265 e. The first-order valence-electron chi connectivity index (χ1n) is 3.17. The zero-order chi connectivity index (χ0) is 7.84. The second-order valence-corrected chi connectivity index (χ2v) is 2.72. The Hall–Kier alpha value is -1.23. The van der Waals surface area contributed by atoms with E-state index in [1.54, 1.807) is 10.7 Å². The maximum atomic E-state index is 4.83. The van der Waals surface area contributed by atoms with E-state index in [0.717, 1.165) is 5.56 Å². The van der Waals surface area contributed by atoms with Gasteiger partial charge in [0.1, 0.15) is 0 Å². The number of H-pyrrole nitrogens is 1. The summed E-state index contributed by atoms with van der Waals surface area (Å²) in [5.41, 5.74) is 1.07. The molecule has 2 aromatic rings. The summed E-state index contributed by atoms with van der Waals surface area (Å²) in [6.07, 6.45) is 3.65. The van der Waals surface area contributed by atoms with Crippen LogP contribution < -0.4 is 0 Å². The van der Waals surface area contributed by atoms with E-state index in [0.29, 0.717) is 10.5 Å². The summed E-state index contributed by atoms with van der Waals surface area (Å²) >= 11 is 4.83. The van der Waals surface area contributed by atoms with Crippen LogP contribution in [0, 0.1) is 11.7 Å². The van der Waals surface area contributed by atoms with E-state index in [9.17, 15) is 0 Å². The third kappa shape index (κ3) is 1.03. The predicted molar refractivity (Wildman–Crippen MR) is 42.9 cm³/mol. The molecule has 0 unspecified atom stereocenters. The summed E-state index contributed by atoms with van der Waals surface area (Å²) in [6.45, 7) is 1.96. The van der Waals surface area contributed by atoms with Crippen molar-refractivity contribution in [2.45, 2.75) is 6.92 Å². The molecule has 4 nitrogen and oxygen atoms in total. The number of aryl methyl sites for hydroxylation is 1. The highest BCUT2D eigenvalue weighted by molar-refractivity contribution is 7.71. The first-order chi connectivity index (χ1) is 5.25. The molecule has 0 amide bonds. The second-order valence-electron chi connectivity index (χ2n) is 2.33. The Morgan fingerprint density at radius 1 is 1.64 bits per heavy atom. The molecule has 56 valence electrons. The van der Waals surface area contributed by atoms with Crippen LogP contribution in [0.2, 0.25) is 0 Å². The lowest BCUT2D eigenvalue weighted by molar-refractivity contribution is 0.921. The van der Waals surface area contributed by atoms with Gasteiger partial charge in [-0.2, -0.15) is 4.98 Å². The number of nitrogens with one attached hydrogen (secondary N) is 1. The fourth-order valence-electron chi connectivity index (χ4n) is 0.900. The van der Waals surface area contributed by atoms with Gasteiger partial charge in [-0.1, -0.05) is 0 Å². The minimum atomic E-state index is 0.461. The molecule has 0 saturated carbocycles. The average molecular weight is 166 g/mol. The maximum absolute atomic E-state index is 4.83. The first-order valence-corrected chi connectivity index (χ1v) is 3.57. The van der Waals surface area contributed by atoms with Crippen molar-refractivity contribution in [1.82, 2.24) is 19.6 Å². The smallest absolute Gasteiger partial charge is 0.251 e. The molecule has 2 aromatic heterocycles. The summed E-state index contributed by atoms with van der Waals surface area (Å²) in [5, 5.41) is 2.86. The van der Waals surface area contributed by atoms with Gasteiger partial charge in [0, 0.05) is 12.4 Å². The van der Waals surface area contributed by atoms with E-state index >= 15 is 0 Å². The van der Waals surface area contributed by atoms with Crippen LogP contribution in [0.1, 0.15) is 5.56 Å². The fraction of sp³-hybridized carbons (Fsp3) is 0.167. The van der Waals surface area contributed by atoms with E-state index in [2.05, 4.69) is 15.1 Å². The second kappa shape index (κ2) is 2.13. The Balaban J connectivity index is 2.92. The quantitative estimate of drug-likeness (QED) is 0.596. The van der Waals surface area contributed by atoms with Gasteiger partial charge in [-0.05, 0) is 24.7 Å². The number of hydrogen-bond acceptors (Lipinski definition) is 3. The molecule has 0 spiro atoms. The van der Waals surface area contributed by atoms with Crippen molar-refractivity contribution >= 4 is 18.0 Å². The van der Waals surface area contributed by atoms with Crippen molar-refractivity contribution in [3.8, 4) is 0 Å². The highest BCUT2D eigenvalue weighted by Gasteiger charge is 1.94. The average Bonchev–Trinajstić information content (AvgIpc) is 2.27. The molecule has 0 radical (unpaired) electrons. The van der Waals surface area contributed by atoms with Crippen molar-refractivity contribution in [3.05, 3.63) is 22.7 Å². The molecule has 0 fully saturated rings. The number of nitrogens with zero attached hydrogens (tertiary/aromatic N) is 3. The third-order valence-electron chi connectivity index (χ3n) is 1.35. The Morgan fingerprint density at radius 2 is 2.45 bits per heavy atom. The SMILES string of the molecule is Cc1cnc2nc(=S)[nH]n2c1. The number of aromatic nitrogens is 4. The van der Waals surface area contributed by atoms with Gasteiger partial charge in [-0.15, -0.1) is 0 Å². The van der Waals surface area contributed by atoms with E-state index in [-0.39, 0.29) is 0 Å². The van der Waals surface area contributed by atoms with Crippen LogP contribution >= 0.6 is 12.2 Å². The van der Waals surface area contributed by atoms with Crippen LogP contribution in [0.5, 0.6) is 0 Å². The summed E-state index contributed by atoms with van der Waals surface area (Å²) in [7, 11) is 0. The Morgan fingerprint density at radius 3 is 3.27 bits per heavy atom. The van der Waals surface area contributed by atoms with Crippen LogP contribution in [-0.2, 0) is 0 Å². The highest BCUT2D eigenvalue weighted by atomic mass is 32.1. The number of rotatable bonds is 0. The van der Waals surface area contributed by atoms with Crippen LogP contribution in [-0.4, -0.2) is 19.6 Å². The van der Waals surface area contributed by atoms with Gasteiger partial charge in [-0.3, -0.25) is 5.10 Å². The van der Waals surface area contributed by atoms with Gasteiger partial charge in [0.25, 0.3) is 5.78 Å². The lowest BCUT2D eigenvalue weighted by Gasteiger charge is -1.91. The molecule has 0 aliphatic heterocycles. The number of aromatic amines is 1. The lowest BCUT2D eigenvalue weighted by Crippen LogP contribution is -1.90. The Kier molecular flexibility index (Phi) is 1.25. The zero-order valence-electron chi connectivity index (χ0n) is 5.90. The van der Waals surface area contributed by atoms with Crippen molar-refractivity contribution in [1.29, 1.82) is 0 Å². The van der Waals surface area contributed by atoms with Crippen molar-refractivity contribution in [3.63, 3.8) is 0 Å². The molecule has 11 heavy (non-hydrogen) atoms. The summed E-state index contributed by atoms with van der Waals surface area (Å²) < 4.78 is 2.17. The molecular formula is C6H6N4S. The van der Waals surface area contributed by atoms with E-state index in [1.807, 2.05) is 13.1 Å². The minimum absolute atomic E-state index is 0.461. The van der Waals surface area contributed by atoms with E-state index in [1.165, 1.54) is 0 Å². The number of hydrogen-bond donors (Lipinski definition) is 1. The third-order valence-corrected chi connectivity index (χ3v) is 1.53. The van der Waals surface area contributed by atoms with Crippen LogP contribution in [0.3, 0.4) is 0 Å². The van der Waals surface area contributed by atoms with E-state index < -0.39 is 0 Å². The Bertz CT molecular complexity index is 441. The molecule has 5 heteroatoms. The lowest BCUT2D eigenvalue weighted by atomic mass is 10.4. The Labute approximate surface area is 67.9 Å². The first kappa shape index (κ1) is 6.48. The number of fused-ring (bicyclic) bond motifs is 1. The van der Waals surface area contributed by atoms with Gasteiger partial charge in [0.05, 0.1) is 0 Å². The molecule has 2 heterocycles. The molecule has 2 rings (SSSR count). The van der Waals surface area contributed by atoms with Gasteiger partial charge in [0.15, 0.2) is 0 Å². The van der Waals surface area contributed by atoms with Crippen LogP contribution in [0.15, 0.2) is 12.4 Å². The van der Waals surface area contributed by atoms with Gasteiger partial charge < -0.3 is 0 Å². The predicted octanol–water partition coefficient (Wildman–Crippen LogP) is 1.10. The topological polar surface area (TPSA) is 46.0 Å². The molecule has 0 atom stereocenters. The van der Waals surface area contributed by atoms with E-state index in [4.69, 9.17) is 12.2 Å². The molecule has 0 saturated heterocycles. The molecular weight excluding hydrogens is 160 g/mol. The zero-order valence-corrected chi connectivity index (χ0v) is 6.72. The van der Waals surface area contributed by atoms with Crippen LogP contribution in [0.25, 0.3) is 5.78 Å². The molecule has 1 N–H and O–H groups in total. The van der Waals surface area contributed by atoms with Crippen molar-refractivity contribution in [2.24, 2.45) is 0 Å². The molecule has 0 aromatic carbocycles. The largest absolute Gasteiger partial charge is 0.265 e. The van der Waals surface area contributed by atoms with Crippen LogP contribution in [0.4, 0.5) is 0 Å². The summed E-state index contributed by atoms with van der Waals surface area (Å²) in [4.78, 5) is 8.02. The maximum Gasteiger partial charge on any atom is 0.251 e. The van der Waals surface area contributed by atoms with Gasteiger partial charge in [0.2, 0.25) is 4.77 Å². The summed E-state index contributed by atoms with van der Waals surface area (Å²) in [5.74, 6) is 0.612. The van der Waals surface area contributed by atoms with Crippen molar-refractivity contribution in [2.75, 3.05) is 0 Å². The van der Waals surface area contributed by atoms with Gasteiger partial charge in [-0.25, -0.2) is 9.50 Å². The molecule has 0 aliphatic rings.